The zero-order valence-corrected chi connectivity index (χ0v) is 26.2. The van der Waals surface area contributed by atoms with Crippen LogP contribution in [0.3, 0.4) is 0 Å². The van der Waals surface area contributed by atoms with E-state index in [1.165, 1.54) is 10.8 Å². The Bertz CT molecular complexity index is 2590. The Labute approximate surface area is 279 Å². The van der Waals surface area contributed by atoms with E-state index in [9.17, 15) is 0 Å². The Morgan fingerprint density at radius 3 is 1.70 bits per heavy atom. The van der Waals surface area contributed by atoms with Crippen molar-refractivity contribution in [3.05, 3.63) is 158 Å². The molecule has 47 heavy (non-hydrogen) atoms. The van der Waals surface area contributed by atoms with Crippen molar-refractivity contribution in [2.45, 2.75) is 0 Å². The molecule has 0 spiro atoms. The fourth-order valence-corrected chi connectivity index (χ4v) is 7.11. The van der Waals surface area contributed by atoms with Gasteiger partial charge in [0.15, 0.2) is 0 Å². The van der Waals surface area contributed by atoms with Crippen LogP contribution in [0.15, 0.2) is 158 Å². The van der Waals surface area contributed by atoms with E-state index in [-0.39, 0.29) is 0 Å². The van der Waals surface area contributed by atoms with Crippen molar-refractivity contribution in [2.75, 3.05) is 4.90 Å². The van der Waals surface area contributed by atoms with E-state index >= 15 is 0 Å². The topological polar surface area (TPSA) is 38.9 Å². The maximum atomic E-state index is 5.39. The molecule has 6 aromatic carbocycles. The number of hydrogen-bond acceptors (Lipinski definition) is 3. The molecule has 225 valence electrons. The third kappa shape index (κ3) is 4.34. The Balaban J connectivity index is 1.43. The van der Waals surface area contributed by atoms with Crippen LogP contribution >= 0.6 is 0 Å². The average Bonchev–Trinajstić information content (AvgIpc) is 3.66. The molecule has 0 aliphatic rings. The van der Waals surface area contributed by atoms with E-state index in [1.807, 2.05) is 47.5 Å². The molecule has 3 aromatic heterocycles. The molecule has 3 heterocycles. The molecule has 9 rings (SSSR count). The summed E-state index contributed by atoms with van der Waals surface area (Å²) < 4.78 is 4.60. The molecule has 0 saturated carbocycles. The van der Waals surface area contributed by atoms with Crippen LogP contribution < -0.4 is 4.90 Å². The molecule has 5 nitrogen and oxygen atoms in total. The van der Waals surface area contributed by atoms with Crippen LogP contribution in [0, 0.1) is 0 Å². The van der Waals surface area contributed by atoms with Crippen molar-refractivity contribution in [3.8, 4) is 22.8 Å². The van der Waals surface area contributed by atoms with Crippen molar-refractivity contribution >= 4 is 60.2 Å². The van der Waals surface area contributed by atoms with Crippen molar-refractivity contribution < 1.29 is 15.3 Å². The predicted molar refractivity (Wildman–Crippen MR) is 191 cm³/mol. The molecule has 0 bridgehead atoms. The Kier molecular flexibility index (Phi) is 6.55. The second-order valence-corrected chi connectivity index (χ2v) is 11.7. The van der Waals surface area contributed by atoms with Crippen LogP contribution in [-0.2, 0) is 15.3 Å². The van der Waals surface area contributed by atoms with Crippen molar-refractivity contribution in [3.63, 3.8) is 0 Å². The van der Waals surface area contributed by atoms with E-state index in [1.54, 1.807) is 5.08 Å². The second kappa shape index (κ2) is 11.2. The second-order valence-electron chi connectivity index (χ2n) is 11.5. The first-order chi connectivity index (χ1) is 23.3. The summed E-state index contributed by atoms with van der Waals surface area (Å²) in [5.41, 5.74) is 8.36. The minimum absolute atomic E-state index is 0.582. The molecular weight excluding hydrogens is 621 g/mol. The summed E-state index contributed by atoms with van der Waals surface area (Å²) >= 11 is 4.75. The number of hydrogen-bond donors (Lipinski definition) is 0. The zero-order valence-electron chi connectivity index (χ0n) is 25.2. The fourth-order valence-electron chi connectivity index (χ4n) is 6.83. The van der Waals surface area contributed by atoms with E-state index in [4.69, 9.17) is 25.3 Å². The van der Waals surface area contributed by atoms with Crippen molar-refractivity contribution in [1.82, 2.24) is 19.1 Å². The minimum atomic E-state index is 0.582. The number of aromatic nitrogens is 4. The summed E-state index contributed by atoms with van der Waals surface area (Å²) in [6.07, 6.45) is 1.94. The number of para-hydroxylation sites is 4. The molecule has 0 saturated heterocycles. The standard InChI is InChI=1S/C41H27N5.Co/c1-44(29-17-7-3-8-18-29)40-35(28-15-5-2-6-16-28)27-42-41(43-40)46-37-24-14-12-22-32(37)34-26-25-33-31-21-11-13-23-36(31)45(38(33)39(34)46)30-19-9-4-10-20-30;/h1-27H;. The zero-order chi connectivity index (χ0) is 31.3. The van der Waals surface area contributed by atoms with Gasteiger partial charge in [0.2, 0.25) is 0 Å². The van der Waals surface area contributed by atoms with Gasteiger partial charge in [-0.3, -0.25) is 0 Å². The Morgan fingerprint density at radius 1 is 0.532 bits per heavy atom. The van der Waals surface area contributed by atoms with Crippen molar-refractivity contribution in [1.29, 1.82) is 0 Å². The molecule has 0 fully saturated rings. The van der Waals surface area contributed by atoms with Gasteiger partial charge in [0.05, 0.1) is 0 Å². The molecule has 0 atom stereocenters. The summed E-state index contributed by atoms with van der Waals surface area (Å²) in [6.45, 7) is 0. The van der Waals surface area contributed by atoms with Gasteiger partial charge in [-0.25, -0.2) is 0 Å². The van der Waals surface area contributed by atoms with Gasteiger partial charge in [-0.1, -0.05) is 6.07 Å². The van der Waals surface area contributed by atoms with Crippen LogP contribution in [0.1, 0.15) is 0 Å². The average molecular weight is 649 g/mol. The quantitative estimate of drug-likeness (QED) is 0.180. The monoisotopic (exact) mass is 648 g/mol. The van der Waals surface area contributed by atoms with Gasteiger partial charge in [0.25, 0.3) is 0 Å². The van der Waals surface area contributed by atoms with Gasteiger partial charge in [0, 0.05) is 0 Å². The van der Waals surface area contributed by atoms with Gasteiger partial charge in [-0.2, -0.15) is 0 Å². The SMILES string of the molecule is [Co]=[CH]N(c1ccccc1)c1nc(-n2c3ccccc3c3ccc4c5ccccc5n(-c5ccccc5)c4c32)ncc1-c1ccccc1. The number of fused-ring (bicyclic) bond motifs is 7. The normalized spacial score (nSPS) is 11.5. The summed E-state index contributed by atoms with van der Waals surface area (Å²) in [7, 11) is 0. The maximum absolute atomic E-state index is 5.39. The molecule has 9 aromatic rings. The number of rotatable bonds is 6. The van der Waals surface area contributed by atoms with E-state index in [0.29, 0.717) is 5.95 Å². The molecule has 0 radical (unpaired) electrons. The van der Waals surface area contributed by atoms with Gasteiger partial charge >= 0.3 is 274 Å². The number of nitrogens with zero attached hydrogens (tertiary/aromatic N) is 5. The fraction of sp³-hybridized carbons (Fsp3) is 0. The third-order valence-corrected chi connectivity index (χ3v) is 9.14. The van der Waals surface area contributed by atoms with Gasteiger partial charge < -0.3 is 0 Å². The predicted octanol–water partition coefficient (Wildman–Crippen LogP) is 9.78. The summed E-state index contributed by atoms with van der Waals surface area (Å²) in [4.78, 5) is 12.5. The molecule has 0 aliphatic heterocycles. The first-order valence-electron chi connectivity index (χ1n) is 15.5. The van der Waals surface area contributed by atoms with Crippen LogP contribution in [-0.4, -0.2) is 24.2 Å². The molecule has 0 aliphatic carbocycles. The molecule has 6 heteroatoms. The number of benzene rings is 6. The van der Waals surface area contributed by atoms with Gasteiger partial charge in [0.1, 0.15) is 0 Å². The Morgan fingerprint density at radius 2 is 1.06 bits per heavy atom. The molecule has 0 unspecified atom stereocenters. The first kappa shape index (κ1) is 27.5. The van der Waals surface area contributed by atoms with Crippen LogP contribution in [0.5, 0.6) is 0 Å². The van der Waals surface area contributed by atoms with Crippen LogP contribution in [0.2, 0.25) is 0 Å². The molecule has 0 N–H and O–H groups in total. The third-order valence-electron chi connectivity index (χ3n) is 8.87. The van der Waals surface area contributed by atoms with Crippen LogP contribution in [0.4, 0.5) is 11.5 Å². The molecular formula is C41H27CoN5. The van der Waals surface area contributed by atoms with Crippen molar-refractivity contribution in [2.24, 2.45) is 0 Å². The van der Waals surface area contributed by atoms with Gasteiger partial charge in [-0.05, 0) is 0 Å². The van der Waals surface area contributed by atoms with E-state index < -0.39 is 0 Å². The number of anilines is 2. The first-order valence-corrected chi connectivity index (χ1v) is 16.1. The summed E-state index contributed by atoms with van der Waals surface area (Å²) in [5.74, 6) is 1.32. The van der Waals surface area contributed by atoms with E-state index in [0.717, 1.165) is 61.2 Å². The summed E-state index contributed by atoms with van der Waals surface area (Å²) in [6, 6.07) is 52.7. The van der Waals surface area contributed by atoms with E-state index in [2.05, 4.69) is 124 Å². The summed E-state index contributed by atoms with van der Waals surface area (Å²) in [5, 5.41) is 6.43. The van der Waals surface area contributed by atoms with Crippen LogP contribution in [0.25, 0.3) is 66.4 Å². The van der Waals surface area contributed by atoms with Gasteiger partial charge in [-0.15, -0.1) is 0 Å². The molecule has 0 amide bonds. The Hall–Kier alpha value is -5.82.